The van der Waals surface area contributed by atoms with E-state index < -0.39 is 29.4 Å². The van der Waals surface area contributed by atoms with Gasteiger partial charge in [0.15, 0.2) is 11.5 Å². The zero-order valence-corrected chi connectivity index (χ0v) is 23.5. The van der Waals surface area contributed by atoms with Gasteiger partial charge in [-0.15, -0.1) is 0 Å². The maximum Gasteiger partial charge on any atom is 0.425 e. The zero-order chi connectivity index (χ0) is 29.3. The molecule has 3 aromatic heterocycles. The second-order valence-electron chi connectivity index (χ2n) is 11.0. The molecule has 3 rings (SSSR count). The minimum atomic E-state index is -1.30. The standard InChI is InChI=1S/C26H34N6O7/c1-14(2)37-20-17(11-10-12-27-20)29-18-15(3)21(32-19(30-18)16(13-28-32)22(33)34)31(23(35)38-25(4,5)6)24(36)39-26(7,8)9/h10-14H,1-9H3,(H,29,30)(H,33,34). The maximum absolute atomic E-state index is 13.4. The van der Waals surface area contributed by atoms with Crippen LogP contribution in [0.2, 0.25) is 0 Å². The van der Waals surface area contributed by atoms with Crippen LogP contribution in [0.25, 0.3) is 5.65 Å². The average molecular weight is 543 g/mol. The smallest absolute Gasteiger partial charge is 0.425 e. The Hall–Kier alpha value is -4.42. The van der Waals surface area contributed by atoms with Crippen LogP contribution in [0.5, 0.6) is 5.88 Å². The molecule has 0 bridgehead atoms. The quantitative estimate of drug-likeness (QED) is 0.414. The van der Waals surface area contributed by atoms with Gasteiger partial charge in [0, 0.05) is 11.8 Å². The van der Waals surface area contributed by atoms with E-state index in [0.717, 1.165) is 10.7 Å². The molecule has 0 aliphatic rings. The lowest BCUT2D eigenvalue weighted by molar-refractivity contribution is 0.0427. The fourth-order valence-corrected chi connectivity index (χ4v) is 3.39. The summed E-state index contributed by atoms with van der Waals surface area (Å²) < 4.78 is 17.9. The molecule has 0 aromatic carbocycles. The second kappa shape index (κ2) is 10.8. The summed E-state index contributed by atoms with van der Waals surface area (Å²) in [4.78, 5) is 48.3. The minimum Gasteiger partial charge on any atom is -0.477 e. The topological polar surface area (TPSA) is 157 Å². The number of carbonyl (C=O) groups excluding carboxylic acids is 2. The normalized spacial score (nSPS) is 11.8. The van der Waals surface area contributed by atoms with Crippen molar-refractivity contribution in [3.63, 3.8) is 0 Å². The second-order valence-corrected chi connectivity index (χ2v) is 11.0. The Morgan fingerprint density at radius 1 is 1.05 bits per heavy atom. The monoisotopic (exact) mass is 542 g/mol. The van der Waals surface area contributed by atoms with Crippen molar-refractivity contribution < 1.29 is 33.7 Å². The van der Waals surface area contributed by atoms with Gasteiger partial charge in [-0.25, -0.2) is 24.4 Å². The Labute approximate surface area is 226 Å². The van der Waals surface area contributed by atoms with E-state index in [-0.39, 0.29) is 40.4 Å². The van der Waals surface area contributed by atoms with Crippen LogP contribution >= 0.6 is 0 Å². The first-order valence-corrected chi connectivity index (χ1v) is 12.2. The number of carboxylic acids is 1. The lowest BCUT2D eigenvalue weighted by Gasteiger charge is -2.29. The number of nitrogens with zero attached hydrogens (tertiary/aromatic N) is 5. The molecule has 13 nitrogen and oxygen atoms in total. The van der Waals surface area contributed by atoms with Gasteiger partial charge in [-0.3, -0.25) is 0 Å². The third-order valence-corrected chi connectivity index (χ3v) is 4.82. The summed E-state index contributed by atoms with van der Waals surface area (Å²) in [5, 5.41) is 17.0. The highest BCUT2D eigenvalue weighted by molar-refractivity contribution is 6.10. The van der Waals surface area contributed by atoms with E-state index in [4.69, 9.17) is 14.2 Å². The molecule has 3 heterocycles. The number of ether oxygens (including phenoxy) is 3. The Bertz CT molecular complexity index is 1370. The average Bonchev–Trinajstić information content (AvgIpc) is 3.18. The molecule has 0 unspecified atom stereocenters. The summed E-state index contributed by atoms with van der Waals surface area (Å²) in [6, 6.07) is 3.38. The number of aromatic nitrogens is 4. The Kier molecular flexibility index (Phi) is 8.03. The van der Waals surface area contributed by atoms with Crippen molar-refractivity contribution in [2.45, 2.75) is 79.6 Å². The van der Waals surface area contributed by atoms with E-state index in [1.807, 2.05) is 13.8 Å². The molecule has 0 saturated heterocycles. The van der Waals surface area contributed by atoms with Crippen molar-refractivity contribution in [2.75, 3.05) is 10.2 Å². The zero-order valence-electron chi connectivity index (χ0n) is 23.5. The lowest BCUT2D eigenvalue weighted by Crippen LogP contribution is -2.45. The predicted molar refractivity (Wildman–Crippen MR) is 143 cm³/mol. The number of aromatic carboxylic acids is 1. The van der Waals surface area contributed by atoms with E-state index in [9.17, 15) is 19.5 Å². The number of amides is 2. The van der Waals surface area contributed by atoms with Crippen LogP contribution in [0, 0.1) is 6.92 Å². The molecule has 0 aliphatic heterocycles. The van der Waals surface area contributed by atoms with Crippen LogP contribution in [0.4, 0.5) is 26.9 Å². The number of hydrogen-bond acceptors (Lipinski definition) is 10. The number of hydrogen-bond donors (Lipinski definition) is 2. The molecule has 3 aromatic rings. The molecule has 0 saturated carbocycles. The molecular formula is C26H34N6O7. The van der Waals surface area contributed by atoms with Crippen LogP contribution in [-0.4, -0.2) is 60.2 Å². The fraction of sp³-hybridized carbons (Fsp3) is 0.462. The number of fused-ring (bicyclic) bond motifs is 1. The predicted octanol–water partition coefficient (Wildman–Crippen LogP) is 5.34. The van der Waals surface area contributed by atoms with Crippen LogP contribution in [0.15, 0.2) is 24.5 Å². The molecule has 2 amide bonds. The third kappa shape index (κ3) is 6.92. The van der Waals surface area contributed by atoms with Gasteiger partial charge in [-0.05, 0) is 74.4 Å². The first kappa shape index (κ1) is 29.1. The summed E-state index contributed by atoms with van der Waals surface area (Å²) in [5.74, 6) is -1.02. The van der Waals surface area contributed by atoms with Gasteiger partial charge < -0.3 is 24.6 Å². The summed E-state index contributed by atoms with van der Waals surface area (Å²) in [7, 11) is 0. The van der Waals surface area contributed by atoms with Gasteiger partial charge in [0.1, 0.15) is 28.3 Å². The maximum atomic E-state index is 13.4. The number of carbonyl (C=O) groups is 3. The molecule has 0 atom stereocenters. The highest BCUT2D eigenvalue weighted by Crippen LogP contribution is 2.34. The van der Waals surface area contributed by atoms with Crippen molar-refractivity contribution in [1.29, 1.82) is 0 Å². The number of pyridine rings is 1. The van der Waals surface area contributed by atoms with E-state index in [2.05, 4.69) is 20.4 Å². The van der Waals surface area contributed by atoms with E-state index >= 15 is 0 Å². The third-order valence-electron chi connectivity index (χ3n) is 4.82. The molecule has 0 fully saturated rings. The minimum absolute atomic E-state index is 0.117. The molecule has 2 N–H and O–H groups in total. The number of anilines is 3. The number of nitrogens with one attached hydrogen (secondary N) is 1. The van der Waals surface area contributed by atoms with Gasteiger partial charge in [0.05, 0.1) is 12.3 Å². The molecule has 0 radical (unpaired) electrons. The van der Waals surface area contributed by atoms with Gasteiger partial charge in [0.25, 0.3) is 0 Å². The van der Waals surface area contributed by atoms with Gasteiger partial charge in [-0.2, -0.15) is 14.5 Å². The van der Waals surface area contributed by atoms with Crippen LogP contribution < -0.4 is 15.0 Å². The van der Waals surface area contributed by atoms with Crippen molar-refractivity contribution in [3.05, 3.63) is 35.7 Å². The number of rotatable bonds is 6. The first-order valence-electron chi connectivity index (χ1n) is 12.2. The molecule has 0 spiro atoms. The van der Waals surface area contributed by atoms with E-state index in [1.165, 1.54) is 0 Å². The Morgan fingerprint density at radius 2 is 1.64 bits per heavy atom. The van der Waals surface area contributed by atoms with E-state index in [1.54, 1.807) is 66.8 Å². The van der Waals surface area contributed by atoms with Crippen molar-refractivity contribution in [2.24, 2.45) is 0 Å². The van der Waals surface area contributed by atoms with Crippen molar-refractivity contribution in [3.8, 4) is 5.88 Å². The van der Waals surface area contributed by atoms with Crippen LogP contribution in [-0.2, 0) is 9.47 Å². The Morgan fingerprint density at radius 3 is 2.15 bits per heavy atom. The van der Waals surface area contributed by atoms with Crippen molar-refractivity contribution >= 4 is 41.1 Å². The summed E-state index contributed by atoms with van der Waals surface area (Å²) in [5.41, 5.74) is -1.62. The molecular weight excluding hydrogens is 508 g/mol. The SMILES string of the molecule is Cc1c(Nc2cccnc2OC(C)C)nc2c(C(=O)O)cnn2c1N(C(=O)OC(C)(C)C)C(=O)OC(C)(C)C. The summed E-state index contributed by atoms with van der Waals surface area (Å²) in [6.07, 6.45) is 0.365. The van der Waals surface area contributed by atoms with E-state index in [0.29, 0.717) is 10.6 Å². The number of imide groups is 1. The van der Waals surface area contributed by atoms with Crippen LogP contribution in [0.3, 0.4) is 0 Å². The highest BCUT2D eigenvalue weighted by Gasteiger charge is 2.37. The Balaban J connectivity index is 2.31. The highest BCUT2D eigenvalue weighted by atomic mass is 16.6. The van der Waals surface area contributed by atoms with Gasteiger partial charge >= 0.3 is 18.2 Å². The lowest BCUT2D eigenvalue weighted by atomic mass is 10.2. The molecule has 39 heavy (non-hydrogen) atoms. The first-order chi connectivity index (χ1) is 18.0. The van der Waals surface area contributed by atoms with Crippen molar-refractivity contribution in [1.82, 2.24) is 19.6 Å². The molecule has 0 aliphatic carbocycles. The number of carboxylic acid groups (broad SMARTS) is 1. The largest absolute Gasteiger partial charge is 0.477 e. The van der Waals surface area contributed by atoms with Crippen LogP contribution in [0.1, 0.15) is 71.3 Å². The molecule has 13 heteroatoms. The molecule has 210 valence electrons. The van der Waals surface area contributed by atoms with Gasteiger partial charge in [-0.1, -0.05) is 0 Å². The summed E-state index contributed by atoms with van der Waals surface area (Å²) >= 11 is 0. The fourth-order valence-electron chi connectivity index (χ4n) is 3.39. The van der Waals surface area contributed by atoms with Gasteiger partial charge in [0.2, 0.25) is 5.88 Å². The summed E-state index contributed by atoms with van der Waals surface area (Å²) in [6.45, 7) is 15.2.